The second kappa shape index (κ2) is 7.20. The van der Waals surface area contributed by atoms with Gasteiger partial charge in [-0.05, 0) is 29.5 Å². The number of nitrogens with one attached hydrogen (secondary N) is 1. The van der Waals surface area contributed by atoms with Gasteiger partial charge in [0.2, 0.25) is 0 Å². The van der Waals surface area contributed by atoms with Crippen molar-refractivity contribution >= 4 is 28.2 Å². The number of aryl methyl sites for hydroxylation is 1. The Morgan fingerprint density at radius 1 is 1.07 bits per heavy atom. The fraction of sp³-hybridized carbons (Fsp3) is 0.333. The lowest BCUT2D eigenvalue weighted by atomic mass is 9.65. The molecule has 1 saturated carbocycles. The van der Waals surface area contributed by atoms with Gasteiger partial charge < -0.3 is 4.98 Å². The summed E-state index contributed by atoms with van der Waals surface area (Å²) < 4.78 is 0. The Morgan fingerprint density at radius 2 is 1.73 bits per heavy atom. The summed E-state index contributed by atoms with van der Waals surface area (Å²) in [5.41, 5.74) is 2.83. The minimum atomic E-state index is -0.849. The normalized spacial score (nSPS) is 18.0. The number of nitrogens with zero attached hydrogens (tertiary/aromatic N) is 1. The highest BCUT2D eigenvalue weighted by atomic mass is 16.6. The summed E-state index contributed by atoms with van der Waals surface area (Å²) in [5, 5.41) is 12.3. The van der Waals surface area contributed by atoms with Gasteiger partial charge in [-0.25, -0.2) is 0 Å². The quantitative estimate of drug-likeness (QED) is 0.372. The Hall–Kier alpha value is -3.28. The van der Waals surface area contributed by atoms with E-state index in [4.69, 9.17) is 0 Å². The Balaban J connectivity index is 1.95. The van der Waals surface area contributed by atoms with Crippen LogP contribution >= 0.6 is 0 Å². The average Bonchev–Trinajstić information content (AvgIpc) is 2.99. The first-order valence-electron chi connectivity index (χ1n) is 10.0. The molecule has 1 unspecified atom stereocenters. The molecule has 6 nitrogen and oxygen atoms in total. The minimum absolute atomic E-state index is 0.0500. The van der Waals surface area contributed by atoms with Crippen molar-refractivity contribution in [3.63, 3.8) is 0 Å². The zero-order chi connectivity index (χ0) is 21.6. The van der Waals surface area contributed by atoms with Crippen molar-refractivity contribution < 1.29 is 14.5 Å². The molecule has 6 heteroatoms. The van der Waals surface area contributed by atoms with E-state index in [-0.39, 0.29) is 22.7 Å². The number of fused-ring (bicyclic) bond motifs is 1. The van der Waals surface area contributed by atoms with E-state index in [0.717, 1.165) is 22.2 Å². The first-order chi connectivity index (χ1) is 14.2. The fourth-order valence-electron chi connectivity index (χ4n) is 4.83. The summed E-state index contributed by atoms with van der Waals surface area (Å²) in [4.78, 5) is 40.8. The van der Waals surface area contributed by atoms with E-state index in [1.165, 1.54) is 12.1 Å². The molecule has 2 aromatic carbocycles. The number of ketones is 2. The van der Waals surface area contributed by atoms with Crippen LogP contribution in [0.5, 0.6) is 0 Å². The molecule has 30 heavy (non-hydrogen) atoms. The van der Waals surface area contributed by atoms with Crippen LogP contribution in [0.2, 0.25) is 0 Å². The molecule has 1 aliphatic carbocycles. The molecule has 0 aliphatic heterocycles. The Kier molecular flexibility index (Phi) is 4.80. The lowest BCUT2D eigenvalue weighted by Gasteiger charge is -2.36. The molecular formula is C24H24N2O4. The van der Waals surface area contributed by atoms with Gasteiger partial charge in [-0.2, -0.15) is 0 Å². The molecule has 0 bridgehead atoms. The molecular weight excluding hydrogens is 380 g/mol. The number of hydrogen-bond acceptors (Lipinski definition) is 4. The molecule has 0 amide bonds. The van der Waals surface area contributed by atoms with Crippen molar-refractivity contribution in [2.75, 3.05) is 0 Å². The monoisotopic (exact) mass is 404 g/mol. The smallest absolute Gasteiger partial charge is 0.269 e. The molecule has 1 aliphatic rings. The second-order valence-corrected chi connectivity index (χ2v) is 8.97. The van der Waals surface area contributed by atoms with Gasteiger partial charge in [-0.1, -0.05) is 44.2 Å². The van der Waals surface area contributed by atoms with Gasteiger partial charge in [0, 0.05) is 47.5 Å². The lowest BCUT2D eigenvalue weighted by Crippen LogP contribution is -2.41. The van der Waals surface area contributed by atoms with Crippen LogP contribution in [0.4, 0.5) is 5.69 Å². The summed E-state index contributed by atoms with van der Waals surface area (Å²) in [6.07, 6.45) is 0.631. The molecule has 1 fully saturated rings. The number of rotatable bonds is 4. The number of nitro groups is 1. The number of carbonyl (C=O) groups excluding carboxylic acids is 2. The van der Waals surface area contributed by atoms with Crippen molar-refractivity contribution in [3.8, 4) is 0 Å². The van der Waals surface area contributed by atoms with Gasteiger partial charge in [0.05, 0.1) is 10.8 Å². The number of para-hydroxylation sites is 1. The number of non-ortho nitro benzene ring substituents is 1. The van der Waals surface area contributed by atoms with Crippen LogP contribution < -0.4 is 0 Å². The molecule has 0 radical (unpaired) electrons. The van der Waals surface area contributed by atoms with Crippen molar-refractivity contribution in [1.82, 2.24) is 4.98 Å². The summed E-state index contributed by atoms with van der Waals surface area (Å²) in [7, 11) is 0. The van der Waals surface area contributed by atoms with Crippen LogP contribution in [0.15, 0.2) is 48.5 Å². The zero-order valence-electron chi connectivity index (χ0n) is 17.3. The van der Waals surface area contributed by atoms with Crippen LogP contribution in [0.1, 0.15) is 49.4 Å². The van der Waals surface area contributed by atoms with Crippen molar-refractivity contribution in [2.45, 2.75) is 39.5 Å². The number of carbonyl (C=O) groups is 2. The van der Waals surface area contributed by atoms with Gasteiger partial charge in [-0.3, -0.25) is 19.7 Å². The highest BCUT2D eigenvalue weighted by Crippen LogP contribution is 2.45. The molecule has 1 N–H and O–H groups in total. The van der Waals surface area contributed by atoms with Crippen molar-refractivity contribution in [1.29, 1.82) is 0 Å². The number of aromatic nitrogens is 1. The zero-order valence-corrected chi connectivity index (χ0v) is 17.3. The van der Waals surface area contributed by atoms with Gasteiger partial charge in [-0.15, -0.1) is 0 Å². The third kappa shape index (κ3) is 3.43. The van der Waals surface area contributed by atoms with Crippen LogP contribution in [0, 0.1) is 28.4 Å². The number of H-pyrrole nitrogens is 1. The molecule has 1 atom stereocenters. The fourth-order valence-corrected chi connectivity index (χ4v) is 4.83. The lowest BCUT2D eigenvalue weighted by molar-refractivity contribution is -0.384. The molecule has 154 valence electrons. The van der Waals surface area contributed by atoms with E-state index in [1.54, 1.807) is 12.1 Å². The molecule has 4 rings (SSSR count). The van der Waals surface area contributed by atoms with Gasteiger partial charge in [0.15, 0.2) is 0 Å². The standard InChI is InChI=1S/C24H24N2O4/c1-14-21(17-9-4-5-10-18(17)25-14)22(15-7-6-8-16(11-15)26(29)30)23-19(27)12-24(2,3)13-20(23)28/h4-11,22-23,25H,12-13H2,1-3H3. The SMILES string of the molecule is Cc1[nH]c2ccccc2c1C(c1cccc([N+](=O)[O-])c1)C1C(=O)CC(C)(C)CC1=O. The largest absolute Gasteiger partial charge is 0.358 e. The number of nitro benzene ring substituents is 1. The molecule has 1 heterocycles. The Bertz CT molecular complexity index is 1150. The third-order valence-electron chi connectivity index (χ3n) is 6.03. The van der Waals surface area contributed by atoms with E-state index < -0.39 is 16.8 Å². The summed E-state index contributed by atoms with van der Waals surface area (Å²) in [6, 6.07) is 14.1. The van der Waals surface area contributed by atoms with Crippen molar-refractivity contribution in [2.24, 2.45) is 11.3 Å². The van der Waals surface area contributed by atoms with Crippen LogP contribution in [-0.2, 0) is 9.59 Å². The molecule has 1 aromatic heterocycles. The number of benzene rings is 2. The van der Waals surface area contributed by atoms with Gasteiger partial charge in [0.1, 0.15) is 11.6 Å². The highest BCUT2D eigenvalue weighted by Gasteiger charge is 2.45. The molecule has 0 saturated heterocycles. The van der Waals surface area contributed by atoms with E-state index in [1.807, 2.05) is 45.0 Å². The summed E-state index contributed by atoms with van der Waals surface area (Å²) in [5.74, 6) is -1.62. The predicted molar refractivity (Wildman–Crippen MR) is 114 cm³/mol. The number of aromatic amines is 1. The highest BCUT2D eigenvalue weighted by molar-refractivity contribution is 6.07. The van der Waals surface area contributed by atoms with Gasteiger partial charge >= 0.3 is 0 Å². The average molecular weight is 404 g/mol. The number of Topliss-reactive ketones (excluding diaryl/α,β-unsaturated/α-hetero) is 2. The molecule has 0 spiro atoms. The summed E-state index contributed by atoms with van der Waals surface area (Å²) >= 11 is 0. The Morgan fingerprint density at radius 3 is 2.40 bits per heavy atom. The van der Waals surface area contributed by atoms with E-state index in [2.05, 4.69) is 4.98 Å². The van der Waals surface area contributed by atoms with Crippen LogP contribution in [0.25, 0.3) is 10.9 Å². The number of hydrogen-bond donors (Lipinski definition) is 1. The first-order valence-corrected chi connectivity index (χ1v) is 10.0. The Labute approximate surface area is 174 Å². The van der Waals surface area contributed by atoms with E-state index in [0.29, 0.717) is 18.4 Å². The summed E-state index contributed by atoms with van der Waals surface area (Å²) in [6.45, 7) is 5.78. The minimum Gasteiger partial charge on any atom is -0.358 e. The maximum atomic E-state index is 13.2. The second-order valence-electron chi connectivity index (χ2n) is 8.97. The van der Waals surface area contributed by atoms with E-state index in [9.17, 15) is 19.7 Å². The maximum Gasteiger partial charge on any atom is 0.269 e. The van der Waals surface area contributed by atoms with Crippen molar-refractivity contribution in [3.05, 3.63) is 75.5 Å². The topological polar surface area (TPSA) is 93.1 Å². The third-order valence-corrected chi connectivity index (χ3v) is 6.03. The van der Waals surface area contributed by atoms with E-state index >= 15 is 0 Å². The maximum absolute atomic E-state index is 13.2. The molecule has 3 aromatic rings. The van der Waals surface area contributed by atoms with Crippen LogP contribution in [0.3, 0.4) is 0 Å². The first kappa shape index (κ1) is 20.0. The van der Waals surface area contributed by atoms with Crippen LogP contribution in [-0.4, -0.2) is 21.5 Å². The predicted octanol–water partition coefficient (Wildman–Crippen LogP) is 5.09. The van der Waals surface area contributed by atoms with Gasteiger partial charge in [0.25, 0.3) is 5.69 Å².